The second kappa shape index (κ2) is 5.33. The van der Waals surface area contributed by atoms with Crippen molar-refractivity contribution in [2.24, 2.45) is 0 Å². The summed E-state index contributed by atoms with van der Waals surface area (Å²) >= 11 is 3.35. The van der Waals surface area contributed by atoms with Gasteiger partial charge >= 0.3 is 0 Å². The third kappa shape index (κ3) is 3.16. The summed E-state index contributed by atoms with van der Waals surface area (Å²) < 4.78 is 14.5. The first kappa shape index (κ1) is 12.7. The maximum absolute atomic E-state index is 13.6. The molecule has 3 rings (SSSR count). The van der Waals surface area contributed by atoms with Crippen LogP contribution in [-0.4, -0.2) is 0 Å². The predicted octanol–water partition coefficient (Wildman–Crippen LogP) is 5.08. The zero-order chi connectivity index (χ0) is 13.2. The lowest BCUT2D eigenvalue weighted by molar-refractivity contribution is 0.630. The molecular weight excluding hydrogens is 305 g/mol. The van der Waals surface area contributed by atoms with Crippen LogP contribution in [-0.2, 0) is 6.54 Å². The van der Waals surface area contributed by atoms with E-state index < -0.39 is 0 Å². The highest BCUT2D eigenvalue weighted by Crippen LogP contribution is 2.40. The van der Waals surface area contributed by atoms with Crippen LogP contribution in [0.4, 0.5) is 10.1 Å². The molecule has 0 aliphatic heterocycles. The van der Waals surface area contributed by atoms with Crippen molar-refractivity contribution in [2.75, 3.05) is 5.32 Å². The van der Waals surface area contributed by atoms with Gasteiger partial charge in [-0.1, -0.05) is 40.2 Å². The van der Waals surface area contributed by atoms with E-state index >= 15 is 0 Å². The molecule has 1 saturated carbocycles. The average molecular weight is 320 g/mol. The van der Waals surface area contributed by atoms with E-state index in [9.17, 15) is 4.39 Å². The molecule has 0 aromatic heterocycles. The molecule has 0 radical (unpaired) electrons. The Morgan fingerprint density at radius 3 is 2.79 bits per heavy atom. The smallest absolute Gasteiger partial charge is 0.146 e. The third-order valence-corrected chi connectivity index (χ3v) is 3.90. The van der Waals surface area contributed by atoms with Crippen LogP contribution < -0.4 is 5.32 Å². The molecular formula is C16H15BrFN. The standard InChI is InChI=1S/C16H15BrFN/c17-14-6-7-15(18)16(9-14)19-10-11-2-1-3-13(8-11)12-4-5-12/h1-3,6-9,12,19H,4-5,10H2. The molecule has 2 aromatic carbocycles. The molecule has 1 fully saturated rings. The Morgan fingerprint density at radius 2 is 2.00 bits per heavy atom. The zero-order valence-electron chi connectivity index (χ0n) is 10.5. The summed E-state index contributed by atoms with van der Waals surface area (Å²) in [6.45, 7) is 0.647. The molecule has 3 heteroatoms. The summed E-state index contributed by atoms with van der Waals surface area (Å²) in [5.41, 5.74) is 3.14. The first-order valence-electron chi connectivity index (χ1n) is 6.50. The van der Waals surface area contributed by atoms with E-state index in [1.807, 2.05) is 0 Å². The van der Waals surface area contributed by atoms with Gasteiger partial charge in [0.05, 0.1) is 5.69 Å². The fourth-order valence-corrected chi connectivity index (χ4v) is 2.57. The SMILES string of the molecule is Fc1ccc(Br)cc1NCc1cccc(C2CC2)c1. The minimum Gasteiger partial charge on any atom is -0.379 e. The monoisotopic (exact) mass is 319 g/mol. The van der Waals surface area contributed by atoms with E-state index in [4.69, 9.17) is 0 Å². The van der Waals surface area contributed by atoms with E-state index in [0.29, 0.717) is 12.2 Å². The van der Waals surface area contributed by atoms with Gasteiger partial charge in [0.2, 0.25) is 0 Å². The summed E-state index contributed by atoms with van der Waals surface area (Å²) in [5, 5.41) is 3.15. The molecule has 1 nitrogen and oxygen atoms in total. The molecule has 0 bridgehead atoms. The number of rotatable bonds is 4. The summed E-state index contributed by atoms with van der Waals surface area (Å²) in [7, 11) is 0. The van der Waals surface area contributed by atoms with Crippen molar-refractivity contribution in [3.8, 4) is 0 Å². The van der Waals surface area contributed by atoms with Gasteiger partial charge in [-0.2, -0.15) is 0 Å². The van der Waals surface area contributed by atoms with Crippen molar-refractivity contribution >= 4 is 21.6 Å². The van der Waals surface area contributed by atoms with Crippen LogP contribution >= 0.6 is 15.9 Å². The van der Waals surface area contributed by atoms with Crippen LogP contribution in [0.3, 0.4) is 0 Å². The van der Waals surface area contributed by atoms with E-state index in [2.05, 4.69) is 45.5 Å². The summed E-state index contributed by atoms with van der Waals surface area (Å²) in [6, 6.07) is 13.5. The quantitative estimate of drug-likeness (QED) is 0.828. The van der Waals surface area contributed by atoms with Crippen molar-refractivity contribution < 1.29 is 4.39 Å². The second-order valence-corrected chi connectivity index (χ2v) is 5.91. The molecule has 0 spiro atoms. The topological polar surface area (TPSA) is 12.0 Å². The lowest BCUT2D eigenvalue weighted by Gasteiger charge is -2.09. The van der Waals surface area contributed by atoms with Crippen LogP contribution in [0.15, 0.2) is 46.9 Å². The number of halogens is 2. The Balaban J connectivity index is 1.71. The minimum atomic E-state index is -0.221. The van der Waals surface area contributed by atoms with E-state index in [-0.39, 0.29) is 5.82 Å². The number of hydrogen-bond donors (Lipinski definition) is 1. The molecule has 2 aromatic rings. The number of hydrogen-bond acceptors (Lipinski definition) is 1. The summed E-state index contributed by atoms with van der Waals surface area (Å²) in [5.74, 6) is 0.532. The van der Waals surface area contributed by atoms with E-state index in [0.717, 1.165) is 10.4 Å². The van der Waals surface area contributed by atoms with Crippen LogP contribution in [0.2, 0.25) is 0 Å². The maximum Gasteiger partial charge on any atom is 0.146 e. The maximum atomic E-state index is 13.6. The molecule has 0 saturated heterocycles. The van der Waals surface area contributed by atoms with Gasteiger partial charge in [0.15, 0.2) is 0 Å². The van der Waals surface area contributed by atoms with Crippen LogP contribution in [0.5, 0.6) is 0 Å². The third-order valence-electron chi connectivity index (χ3n) is 3.41. The zero-order valence-corrected chi connectivity index (χ0v) is 12.1. The first-order valence-corrected chi connectivity index (χ1v) is 7.29. The second-order valence-electron chi connectivity index (χ2n) is 5.00. The highest BCUT2D eigenvalue weighted by molar-refractivity contribution is 9.10. The summed E-state index contributed by atoms with van der Waals surface area (Å²) in [6.07, 6.45) is 2.61. The van der Waals surface area contributed by atoms with E-state index in [1.165, 1.54) is 30.0 Å². The van der Waals surface area contributed by atoms with Gasteiger partial charge in [0.1, 0.15) is 5.82 Å². The molecule has 0 unspecified atom stereocenters. The van der Waals surface area contributed by atoms with Crippen molar-refractivity contribution in [2.45, 2.75) is 25.3 Å². The molecule has 0 heterocycles. The Bertz CT molecular complexity index is 593. The van der Waals surface area contributed by atoms with Gasteiger partial charge in [-0.3, -0.25) is 0 Å². The fraction of sp³-hybridized carbons (Fsp3) is 0.250. The van der Waals surface area contributed by atoms with Crippen LogP contribution in [0.1, 0.15) is 29.9 Å². The summed E-state index contributed by atoms with van der Waals surface area (Å²) in [4.78, 5) is 0. The van der Waals surface area contributed by atoms with Crippen LogP contribution in [0, 0.1) is 5.82 Å². The molecule has 1 aliphatic rings. The predicted molar refractivity (Wildman–Crippen MR) is 79.8 cm³/mol. The van der Waals surface area contributed by atoms with Gasteiger partial charge < -0.3 is 5.32 Å². The molecule has 0 amide bonds. The van der Waals surface area contributed by atoms with Gasteiger partial charge in [0, 0.05) is 11.0 Å². The first-order chi connectivity index (χ1) is 9.22. The molecule has 98 valence electrons. The molecule has 1 aliphatic carbocycles. The van der Waals surface area contributed by atoms with Gasteiger partial charge in [-0.15, -0.1) is 0 Å². The normalized spacial score (nSPS) is 14.4. The largest absolute Gasteiger partial charge is 0.379 e. The molecule has 0 atom stereocenters. The van der Waals surface area contributed by atoms with Gasteiger partial charge in [0.25, 0.3) is 0 Å². The minimum absolute atomic E-state index is 0.221. The van der Waals surface area contributed by atoms with Crippen molar-refractivity contribution in [3.05, 3.63) is 63.9 Å². The lowest BCUT2D eigenvalue weighted by atomic mass is 10.1. The Morgan fingerprint density at radius 1 is 1.16 bits per heavy atom. The Kier molecular flexibility index (Phi) is 3.56. The highest BCUT2D eigenvalue weighted by atomic mass is 79.9. The van der Waals surface area contributed by atoms with Crippen molar-refractivity contribution in [1.29, 1.82) is 0 Å². The fourth-order valence-electron chi connectivity index (χ4n) is 2.20. The molecule has 19 heavy (non-hydrogen) atoms. The number of anilines is 1. The van der Waals surface area contributed by atoms with Crippen LogP contribution in [0.25, 0.3) is 0 Å². The van der Waals surface area contributed by atoms with Crippen molar-refractivity contribution in [3.63, 3.8) is 0 Å². The van der Waals surface area contributed by atoms with Crippen molar-refractivity contribution in [1.82, 2.24) is 0 Å². The lowest BCUT2D eigenvalue weighted by Crippen LogP contribution is -2.01. The molecule has 1 N–H and O–H groups in total. The number of benzene rings is 2. The average Bonchev–Trinajstić information content (AvgIpc) is 3.25. The number of nitrogens with one attached hydrogen (secondary N) is 1. The van der Waals surface area contributed by atoms with Gasteiger partial charge in [-0.05, 0) is 48.1 Å². The Labute approximate surface area is 121 Å². The van der Waals surface area contributed by atoms with E-state index in [1.54, 1.807) is 12.1 Å². The Hall–Kier alpha value is -1.35. The highest BCUT2D eigenvalue weighted by Gasteiger charge is 2.23. The van der Waals surface area contributed by atoms with Gasteiger partial charge in [-0.25, -0.2) is 4.39 Å².